The number of hydrogen-bond donors (Lipinski definition) is 2. The van der Waals surface area contributed by atoms with E-state index >= 15 is 0 Å². The van der Waals surface area contributed by atoms with Crippen molar-refractivity contribution in [2.45, 2.75) is 37.0 Å². The molecule has 1 aliphatic carbocycles. The Morgan fingerprint density at radius 1 is 1.33 bits per heavy atom. The molecule has 0 saturated heterocycles. The predicted octanol–water partition coefficient (Wildman–Crippen LogP) is 1.61. The minimum Gasteiger partial charge on any atom is -0.328 e. The van der Waals surface area contributed by atoms with Crippen LogP contribution in [0.3, 0.4) is 0 Å². The minimum atomic E-state index is 0. The van der Waals surface area contributed by atoms with Gasteiger partial charge in [0.25, 0.3) is 0 Å². The molecule has 0 amide bonds. The van der Waals surface area contributed by atoms with E-state index in [1.165, 1.54) is 19.3 Å². The Hall–Kier alpha value is 0.600. The summed E-state index contributed by atoms with van der Waals surface area (Å²) in [6.45, 7) is 0. The molecule has 9 heavy (non-hydrogen) atoms. The number of nitrogens with two attached hydrogens (primary N) is 1. The zero-order valence-electron chi connectivity index (χ0n) is 5.42. The summed E-state index contributed by atoms with van der Waals surface area (Å²) in [5, 5.41) is 0.582. The Balaban J connectivity index is 0.000000640. The molecule has 0 aliphatic heterocycles. The van der Waals surface area contributed by atoms with Crippen LogP contribution < -0.4 is 5.73 Å². The number of hydrogen-bond acceptors (Lipinski definition) is 2. The van der Waals surface area contributed by atoms with Gasteiger partial charge in [0.05, 0.1) is 0 Å². The van der Waals surface area contributed by atoms with Crippen molar-refractivity contribution in [2.24, 2.45) is 5.73 Å². The average Bonchev–Trinajstić information content (AvgIpc) is 1.64. The summed E-state index contributed by atoms with van der Waals surface area (Å²) in [4.78, 5) is 0. The highest BCUT2D eigenvalue weighted by Gasteiger charge is 2.14. The molecule has 0 heterocycles. The van der Waals surface area contributed by atoms with E-state index < -0.39 is 0 Å². The van der Waals surface area contributed by atoms with Crippen LogP contribution in [0.25, 0.3) is 0 Å². The van der Waals surface area contributed by atoms with Gasteiger partial charge < -0.3 is 5.73 Å². The maximum absolute atomic E-state index is 5.68. The first-order valence-corrected chi connectivity index (χ1v) is 3.74. The average molecular weight is 168 g/mol. The molecule has 0 aromatic rings. The summed E-state index contributed by atoms with van der Waals surface area (Å²) in [6.07, 6.45) is 4.85. The molecule has 0 aromatic heterocycles. The van der Waals surface area contributed by atoms with Crippen LogP contribution in [0.4, 0.5) is 0 Å². The normalized spacial score (nSPS) is 35.3. The molecular weight excluding hydrogens is 154 g/mol. The van der Waals surface area contributed by atoms with E-state index in [2.05, 4.69) is 12.6 Å². The van der Waals surface area contributed by atoms with Crippen LogP contribution in [0, 0.1) is 0 Å². The fourth-order valence-corrected chi connectivity index (χ4v) is 1.65. The van der Waals surface area contributed by atoms with Crippen LogP contribution in [0.1, 0.15) is 25.7 Å². The van der Waals surface area contributed by atoms with Crippen LogP contribution >= 0.6 is 25.0 Å². The summed E-state index contributed by atoms with van der Waals surface area (Å²) < 4.78 is 0. The van der Waals surface area contributed by atoms with E-state index in [9.17, 15) is 0 Å². The van der Waals surface area contributed by atoms with E-state index in [1.807, 2.05) is 0 Å². The Kier molecular flexibility index (Phi) is 4.72. The topological polar surface area (TPSA) is 26.0 Å². The van der Waals surface area contributed by atoms with Gasteiger partial charge in [-0.05, 0) is 19.3 Å². The third kappa shape index (κ3) is 3.33. The minimum absolute atomic E-state index is 0. The highest BCUT2D eigenvalue weighted by atomic mass is 35.5. The van der Waals surface area contributed by atoms with E-state index in [1.54, 1.807) is 0 Å². The zero-order chi connectivity index (χ0) is 5.98. The molecular formula is C6H14ClNS. The Labute approximate surface area is 68.2 Å². The smallest absolute Gasteiger partial charge is 0.00492 e. The zero-order valence-corrected chi connectivity index (χ0v) is 7.13. The van der Waals surface area contributed by atoms with Crippen LogP contribution in [0.2, 0.25) is 0 Å². The Morgan fingerprint density at radius 3 is 2.33 bits per heavy atom. The lowest BCUT2D eigenvalue weighted by atomic mass is 9.96. The van der Waals surface area contributed by atoms with Crippen LogP contribution in [0.15, 0.2) is 0 Å². The van der Waals surface area contributed by atoms with Crippen molar-refractivity contribution in [3.63, 3.8) is 0 Å². The molecule has 1 saturated carbocycles. The van der Waals surface area contributed by atoms with Crippen molar-refractivity contribution in [3.8, 4) is 0 Å². The van der Waals surface area contributed by atoms with Gasteiger partial charge >= 0.3 is 0 Å². The highest BCUT2D eigenvalue weighted by Crippen LogP contribution is 2.20. The maximum atomic E-state index is 5.68. The van der Waals surface area contributed by atoms with Crippen molar-refractivity contribution in [3.05, 3.63) is 0 Å². The van der Waals surface area contributed by atoms with Crippen LogP contribution in [-0.2, 0) is 0 Å². The first-order chi connectivity index (χ1) is 3.79. The fraction of sp³-hybridized carbons (Fsp3) is 1.00. The first kappa shape index (κ1) is 9.60. The second-order valence-electron chi connectivity index (χ2n) is 2.58. The molecule has 1 aliphatic rings. The summed E-state index contributed by atoms with van der Waals surface area (Å²) >= 11 is 4.34. The van der Waals surface area contributed by atoms with E-state index in [0.29, 0.717) is 11.3 Å². The molecule has 2 N–H and O–H groups in total. The van der Waals surface area contributed by atoms with Gasteiger partial charge in [-0.2, -0.15) is 12.6 Å². The molecule has 1 fully saturated rings. The van der Waals surface area contributed by atoms with Gasteiger partial charge in [-0.15, -0.1) is 12.4 Å². The predicted molar refractivity (Wildman–Crippen MR) is 46.5 cm³/mol. The summed E-state index contributed by atoms with van der Waals surface area (Å²) in [5.41, 5.74) is 5.68. The van der Waals surface area contributed by atoms with Crippen LogP contribution in [0.5, 0.6) is 0 Å². The third-order valence-electron chi connectivity index (χ3n) is 1.69. The Bertz CT molecular complexity index is 71.5. The SMILES string of the molecule is Cl.N[C@@H]1CCC[C@H](S)C1. The lowest BCUT2D eigenvalue weighted by Crippen LogP contribution is -2.27. The molecule has 56 valence electrons. The molecule has 0 bridgehead atoms. The van der Waals surface area contributed by atoms with E-state index in [-0.39, 0.29) is 12.4 Å². The van der Waals surface area contributed by atoms with Gasteiger partial charge in [0.2, 0.25) is 0 Å². The fourth-order valence-electron chi connectivity index (χ4n) is 1.20. The van der Waals surface area contributed by atoms with Crippen molar-refractivity contribution in [1.29, 1.82) is 0 Å². The van der Waals surface area contributed by atoms with Crippen molar-refractivity contribution in [1.82, 2.24) is 0 Å². The molecule has 1 nitrogen and oxygen atoms in total. The monoisotopic (exact) mass is 167 g/mol. The van der Waals surface area contributed by atoms with Gasteiger partial charge in [0.1, 0.15) is 0 Å². The summed E-state index contributed by atoms with van der Waals surface area (Å²) in [7, 11) is 0. The van der Waals surface area contributed by atoms with Gasteiger partial charge in [0, 0.05) is 11.3 Å². The highest BCUT2D eigenvalue weighted by molar-refractivity contribution is 7.80. The van der Waals surface area contributed by atoms with Gasteiger partial charge in [0.15, 0.2) is 0 Å². The molecule has 2 atom stereocenters. The van der Waals surface area contributed by atoms with Crippen molar-refractivity contribution in [2.75, 3.05) is 0 Å². The van der Waals surface area contributed by atoms with Crippen molar-refractivity contribution < 1.29 is 0 Å². The second kappa shape index (κ2) is 4.42. The summed E-state index contributed by atoms with van der Waals surface area (Å²) in [5.74, 6) is 0. The van der Waals surface area contributed by atoms with Gasteiger partial charge in [-0.3, -0.25) is 0 Å². The van der Waals surface area contributed by atoms with Crippen molar-refractivity contribution >= 4 is 25.0 Å². The third-order valence-corrected chi connectivity index (χ3v) is 2.16. The number of thiol groups is 1. The quantitative estimate of drug-likeness (QED) is 0.527. The first-order valence-electron chi connectivity index (χ1n) is 3.22. The molecule has 0 radical (unpaired) electrons. The largest absolute Gasteiger partial charge is 0.328 e. The summed E-state index contributed by atoms with van der Waals surface area (Å²) in [6, 6.07) is 0.436. The molecule has 0 spiro atoms. The lowest BCUT2D eigenvalue weighted by molar-refractivity contribution is 0.453. The number of rotatable bonds is 0. The molecule has 3 heteroatoms. The maximum Gasteiger partial charge on any atom is 0.00492 e. The van der Waals surface area contributed by atoms with Gasteiger partial charge in [-0.1, -0.05) is 6.42 Å². The Morgan fingerprint density at radius 2 is 2.00 bits per heavy atom. The van der Waals surface area contributed by atoms with E-state index in [4.69, 9.17) is 5.73 Å². The molecule has 0 aromatic carbocycles. The standard InChI is InChI=1S/C6H13NS.ClH/c7-5-2-1-3-6(8)4-5;/h5-6,8H,1-4,7H2;1H/t5-,6+;/m1./s1. The van der Waals surface area contributed by atoms with E-state index in [0.717, 1.165) is 6.42 Å². The molecule has 1 rings (SSSR count). The van der Waals surface area contributed by atoms with Gasteiger partial charge in [-0.25, -0.2) is 0 Å². The second-order valence-corrected chi connectivity index (χ2v) is 3.31. The lowest BCUT2D eigenvalue weighted by Gasteiger charge is -2.22. The molecule has 0 unspecified atom stereocenters. The van der Waals surface area contributed by atoms with Crippen LogP contribution in [-0.4, -0.2) is 11.3 Å². The number of halogens is 1.